The Labute approximate surface area is 94.0 Å². The molecule has 2 N–H and O–H groups in total. The Kier molecular flexibility index (Phi) is 4.56. The van der Waals surface area contributed by atoms with Crippen molar-refractivity contribution in [3.05, 3.63) is 0 Å². The fraction of sp³-hybridized carbons (Fsp3) is 1.00. The summed E-state index contributed by atoms with van der Waals surface area (Å²) in [6.45, 7) is 12.7. The molecule has 0 aromatic rings. The fourth-order valence-electron chi connectivity index (χ4n) is 2.15. The van der Waals surface area contributed by atoms with Crippen molar-refractivity contribution in [1.82, 2.24) is 4.90 Å². The van der Waals surface area contributed by atoms with Gasteiger partial charge in [0.15, 0.2) is 0 Å². The first-order chi connectivity index (χ1) is 6.93. The third kappa shape index (κ3) is 4.49. The molecule has 0 bridgehead atoms. The van der Waals surface area contributed by atoms with Crippen LogP contribution < -0.4 is 5.73 Å². The van der Waals surface area contributed by atoms with Crippen LogP contribution in [0.5, 0.6) is 0 Å². The highest BCUT2D eigenvalue weighted by atomic mass is 16.5. The summed E-state index contributed by atoms with van der Waals surface area (Å²) in [7, 11) is 0. The van der Waals surface area contributed by atoms with E-state index in [0.29, 0.717) is 6.54 Å². The van der Waals surface area contributed by atoms with Crippen LogP contribution in [0.15, 0.2) is 0 Å². The predicted octanol–water partition coefficient (Wildman–Crippen LogP) is 1.47. The zero-order chi connectivity index (χ0) is 11.5. The van der Waals surface area contributed by atoms with Crippen molar-refractivity contribution >= 4 is 0 Å². The minimum atomic E-state index is -0.0424. The molecule has 1 atom stereocenters. The lowest BCUT2D eigenvalue weighted by molar-refractivity contribution is -0.132. The fourth-order valence-corrected chi connectivity index (χ4v) is 2.15. The second-order valence-electron chi connectivity index (χ2n) is 5.65. The van der Waals surface area contributed by atoms with E-state index in [4.69, 9.17) is 10.5 Å². The van der Waals surface area contributed by atoms with Crippen LogP contribution in [0.1, 0.15) is 34.1 Å². The average Bonchev–Trinajstić information content (AvgIpc) is 2.12. The van der Waals surface area contributed by atoms with E-state index in [9.17, 15) is 0 Å². The third-order valence-corrected chi connectivity index (χ3v) is 2.84. The van der Waals surface area contributed by atoms with Gasteiger partial charge in [-0.15, -0.1) is 0 Å². The molecule has 0 aromatic carbocycles. The number of nitrogens with zero attached hydrogens (tertiary/aromatic N) is 1. The van der Waals surface area contributed by atoms with Gasteiger partial charge in [-0.25, -0.2) is 0 Å². The van der Waals surface area contributed by atoms with Crippen molar-refractivity contribution < 1.29 is 4.74 Å². The first kappa shape index (κ1) is 12.9. The van der Waals surface area contributed by atoms with Crippen LogP contribution in [-0.2, 0) is 4.74 Å². The summed E-state index contributed by atoms with van der Waals surface area (Å²) >= 11 is 0. The van der Waals surface area contributed by atoms with Gasteiger partial charge in [-0.05, 0) is 32.7 Å². The minimum absolute atomic E-state index is 0.0424. The predicted molar refractivity (Wildman–Crippen MR) is 63.9 cm³/mol. The zero-order valence-electron chi connectivity index (χ0n) is 10.6. The van der Waals surface area contributed by atoms with Crippen molar-refractivity contribution in [3.8, 4) is 0 Å². The smallest absolute Gasteiger partial charge is 0.0831 e. The van der Waals surface area contributed by atoms with Gasteiger partial charge in [-0.3, -0.25) is 4.90 Å². The number of morpholine rings is 1. The Hall–Kier alpha value is -0.120. The lowest BCUT2D eigenvalue weighted by atomic mass is 10.0. The second-order valence-corrected chi connectivity index (χ2v) is 5.65. The van der Waals surface area contributed by atoms with Gasteiger partial charge in [0.05, 0.1) is 11.7 Å². The number of nitrogens with two attached hydrogens (primary N) is 1. The van der Waals surface area contributed by atoms with Crippen molar-refractivity contribution in [2.45, 2.75) is 45.8 Å². The monoisotopic (exact) mass is 214 g/mol. The highest BCUT2D eigenvalue weighted by molar-refractivity contribution is 4.84. The Bertz CT molecular complexity index is 192. The molecule has 3 heteroatoms. The van der Waals surface area contributed by atoms with Crippen molar-refractivity contribution in [1.29, 1.82) is 0 Å². The molecule has 0 saturated carbocycles. The van der Waals surface area contributed by atoms with E-state index in [2.05, 4.69) is 32.6 Å². The van der Waals surface area contributed by atoms with Gasteiger partial charge >= 0.3 is 0 Å². The van der Waals surface area contributed by atoms with Gasteiger partial charge < -0.3 is 10.5 Å². The number of rotatable bonds is 4. The van der Waals surface area contributed by atoms with Crippen LogP contribution >= 0.6 is 0 Å². The molecule has 0 radical (unpaired) electrons. The quantitative estimate of drug-likeness (QED) is 0.770. The Morgan fingerprint density at radius 3 is 2.67 bits per heavy atom. The number of ether oxygens (including phenoxy) is 1. The summed E-state index contributed by atoms with van der Waals surface area (Å²) < 4.78 is 5.89. The van der Waals surface area contributed by atoms with Gasteiger partial charge in [0.25, 0.3) is 0 Å². The Balaban J connectivity index is 2.43. The summed E-state index contributed by atoms with van der Waals surface area (Å²) in [5, 5.41) is 0. The molecule has 1 fully saturated rings. The molecule has 1 rings (SSSR count). The van der Waals surface area contributed by atoms with E-state index in [-0.39, 0.29) is 11.7 Å². The molecule has 1 aliphatic rings. The normalized spacial score (nSPS) is 27.2. The molecule has 1 unspecified atom stereocenters. The lowest BCUT2D eigenvalue weighted by Gasteiger charge is -2.42. The summed E-state index contributed by atoms with van der Waals surface area (Å²) in [5.74, 6) is 0.771. The van der Waals surface area contributed by atoms with E-state index in [0.717, 1.165) is 19.0 Å². The number of hydrogen-bond acceptors (Lipinski definition) is 3. The van der Waals surface area contributed by atoms with E-state index >= 15 is 0 Å². The molecule has 1 aliphatic heterocycles. The lowest BCUT2D eigenvalue weighted by Crippen LogP contribution is -2.54. The summed E-state index contributed by atoms with van der Waals surface area (Å²) in [4.78, 5) is 2.49. The molecule has 0 aromatic heterocycles. The topological polar surface area (TPSA) is 38.5 Å². The first-order valence-electron chi connectivity index (χ1n) is 6.03. The molecule has 1 saturated heterocycles. The van der Waals surface area contributed by atoms with E-state index in [1.165, 1.54) is 13.0 Å². The van der Waals surface area contributed by atoms with Crippen molar-refractivity contribution in [2.24, 2.45) is 11.7 Å². The molecule has 3 nitrogen and oxygen atoms in total. The molecule has 15 heavy (non-hydrogen) atoms. The third-order valence-electron chi connectivity index (χ3n) is 2.84. The average molecular weight is 214 g/mol. The Morgan fingerprint density at radius 2 is 2.13 bits per heavy atom. The molecule has 0 amide bonds. The first-order valence-corrected chi connectivity index (χ1v) is 6.03. The molecule has 0 spiro atoms. The van der Waals surface area contributed by atoms with Crippen LogP contribution in [0.25, 0.3) is 0 Å². The summed E-state index contributed by atoms with van der Waals surface area (Å²) in [6, 6.07) is 0. The highest BCUT2D eigenvalue weighted by Gasteiger charge is 2.32. The van der Waals surface area contributed by atoms with Gasteiger partial charge in [-0.2, -0.15) is 0 Å². The van der Waals surface area contributed by atoms with Crippen LogP contribution in [0.3, 0.4) is 0 Å². The van der Waals surface area contributed by atoms with Gasteiger partial charge in [0.2, 0.25) is 0 Å². The number of hydrogen-bond donors (Lipinski definition) is 1. The largest absolute Gasteiger partial charge is 0.368 e. The molecule has 0 aliphatic carbocycles. The SMILES string of the molecule is CC(C)CCN1CC(CN)OC(C)(C)C1. The van der Waals surface area contributed by atoms with E-state index < -0.39 is 0 Å². The van der Waals surface area contributed by atoms with Crippen LogP contribution in [0.4, 0.5) is 0 Å². The standard InChI is InChI=1S/C12H26N2O/c1-10(2)5-6-14-8-11(7-13)15-12(3,4)9-14/h10-11H,5-9,13H2,1-4H3. The van der Waals surface area contributed by atoms with Crippen molar-refractivity contribution in [3.63, 3.8) is 0 Å². The molecular weight excluding hydrogens is 188 g/mol. The maximum Gasteiger partial charge on any atom is 0.0831 e. The Morgan fingerprint density at radius 1 is 1.47 bits per heavy atom. The molecule has 90 valence electrons. The van der Waals surface area contributed by atoms with Crippen LogP contribution in [0, 0.1) is 5.92 Å². The maximum atomic E-state index is 5.89. The summed E-state index contributed by atoms with van der Waals surface area (Å²) in [5.41, 5.74) is 5.65. The van der Waals surface area contributed by atoms with Crippen molar-refractivity contribution in [2.75, 3.05) is 26.2 Å². The van der Waals surface area contributed by atoms with E-state index in [1.807, 2.05) is 0 Å². The summed E-state index contributed by atoms with van der Waals surface area (Å²) in [6.07, 6.45) is 1.47. The van der Waals surface area contributed by atoms with Gasteiger partial charge in [0.1, 0.15) is 0 Å². The van der Waals surface area contributed by atoms with E-state index in [1.54, 1.807) is 0 Å². The minimum Gasteiger partial charge on any atom is -0.368 e. The highest BCUT2D eigenvalue weighted by Crippen LogP contribution is 2.21. The van der Waals surface area contributed by atoms with Gasteiger partial charge in [0, 0.05) is 19.6 Å². The zero-order valence-corrected chi connectivity index (χ0v) is 10.6. The molecular formula is C12H26N2O. The van der Waals surface area contributed by atoms with Crippen LogP contribution in [0.2, 0.25) is 0 Å². The van der Waals surface area contributed by atoms with Gasteiger partial charge in [-0.1, -0.05) is 13.8 Å². The molecule has 1 heterocycles. The maximum absolute atomic E-state index is 5.89. The second kappa shape index (κ2) is 5.28. The van der Waals surface area contributed by atoms with Crippen LogP contribution in [-0.4, -0.2) is 42.8 Å².